The highest BCUT2D eigenvalue weighted by molar-refractivity contribution is 7.85. The molecular formula is C45H45N5O9S2. The standard InChI is InChI=1S/C45H45N5O9S2/c1-29(39-13-8-24-60-39)41-45(55)49-38(26-31-14-19-34(20-15-31)33-11-6-3-7-12-33)44(54)47-36(23-18-30-9-4-2-5-10-30)43(53)48-37(42(52)46-28-61(56,57)58)25-32-16-21-35(22-17-32)59-27-40(51)50-41/h2-17,19-22,24,36-38,41H,1,18,23,25-28H2,(H,46,52)(H,47,54)(H,48,53)(H,49,55)(H,50,51)(H,56,57,58). The van der Waals surface area contributed by atoms with Gasteiger partial charge in [-0.05, 0) is 69.8 Å². The number of ether oxygens (including phenoxy) is 1. The topological polar surface area (TPSA) is 209 Å². The van der Waals surface area contributed by atoms with Gasteiger partial charge in [0.25, 0.3) is 16.0 Å². The van der Waals surface area contributed by atoms with Gasteiger partial charge in [0.05, 0.1) is 0 Å². The summed E-state index contributed by atoms with van der Waals surface area (Å²) in [5.41, 5.74) is 4.25. The first-order chi connectivity index (χ1) is 29.3. The van der Waals surface area contributed by atoms with Crippen molar-refractivity contribution in [2.75, 3.05) is 12.5 Å². The molecular weight excluding hydrogens is 819 g/mol. The minimum atomic E-state index is -4.61. The predicted octanol–water partition coefficient (Wildman–Crippen LogP) is 3.84. The molecule has 0 aliphatic carbocycles. The van der Waals surface area contributed by atoms with Crippen LogP contribution in [0.5, 0.6) is 5.75 Å². The molecule has 5 amide bonds. The number of hydrogen-bond donors (Lipinski definition) is 6. The molecule has 0 saturated carbocycles. The van der Waals surface area contributed by atoms with Crippen molar-refractivity contribution in [2.24, 2.45) is 0 Å². The number of fused-ring (bicyclic) bond motifs is 16. The van der Waals surface area contributed by atoms with Crippen LogP contribution in [0.3, 0.4) is 0 Å². The Kier molecular flexibility index (Phi) is 14.8. The summed E-state index contributed by atoms with van der Waals surface area (Å²) in [5.74, 6) is -4.62. The first kappa shape index (κ1) is 43.9. The summed E-state index contributed by atoms with van der Waals surface area (Å²) < 4.78 is 38.1. The van der Waals surface area contributed by atoms with E-state index in [-0.39, 0.29) is 30.6 Å². The number of carbonyl (C=O) groups is 5. The van der Waals surface area contributed by atoms with E-state index in [1.807, 2.05) is 84.9 Å². The van der Waals surface area contributed by atoms with Crippen molar-refractivity contribution in [2.45, 2.75) is 49.9 Å². The van der Waals surface area contributed by atoms with Crippen LogP contribution in [0.15, 0.2) is 133 Å². The Morgan fingerprint density at radius 1 is 0.738 bits per heavy atom. The predicted molar refractivity (Wildman–Crippen MR) is 232 cm³/mol. The average Bonchev–Trinajstić information content (AvgIpc) is 3.81. The van der Waals surface area contributed by atoms with Gasteiger partial charge in [0.2, 0.25) is 23.6 Å². The van der Waals surface area contributed by atoms with Crippen LogP contribution in [0, 0.1) is 0 Å². The molecule has 4 aromatic carbocycles. The molecule has 6 N–H and O–H groups in total. The quantitative estimate of drug-likeness (QED) is 0.0841. The second-order valence-corrected chi connectivity index (χ2v) is 16.8. The second kappa shape index (κ2) is 20.6. The summed E-state index contributed by atoms with van der Waals surface area (Å²) in [6.07, 6.45) is 0.233. The molecule has 61 heavy (non-hydrogen) atoms. The fraction of sp³-hybridized carbons (Fsp3) is 0.222. The zero-order chi connectivity index (χ0) is 43.4. The van der Waals surface area contributed by atoms with Crippen LogP contribution >= 0.6 is 11.3 Å². The van der Waals surface area contributed by atoms with Gasteiger partial charge in [-0.25, -0.2) is 0 Å². The van der Waals surface area contributed by atoms with E-state index in [2.05, 4.69) is 33.2 Å². The highest BCUT2D eigenvalue weighted by atomic mass is 32.2. The van der Waals surface area contributed by atoms with Crippen LogP contribution in [0.2, 0.25) is 0 Å². The first-order valence-electron chi connectivity index (χ1n) is 19.4. The van der Waals surface area contributed by atoms with E-state index in [1.165, 1.54) is 11.3 Å². The maximum atomic E-state index is 14.5. The third-order valence-electron chi connectivity index (χ3n) is 9.88. The van der Waals surface area contributed by atoms with Crippen molar-refractivity contribution in [3.05, 3.63) is 155 Å². The summed E-state index contributed by atoms with van der Waals surface area (Å²) in [7, 11) is -4.61. The number of benzene rings is 4. The summed E-state index contributed by atoms with van der Waals surface area (Å²) in [5, 5.41) is 14.9. The molecule has 2 aliphatic rings. The number of carbonyl (C=O) groups excluding carboxylic acids is 5. The van der Waals surface area contributed by atoms with Gasteiger partial charge in [0.1, 0.15) is 35.8 Å². The van der Waals surface area contributed by atoms with E-state index in [0.717, 1.165) is 16.7 Å². The molecule has 4 atom stereocenters. The van der Waals surface area contributed by atoms with Crippen molar-refractivity contribution < 1.29 is 41.7 Å². The molecule has 0 fully saturated rings. The lowest BCUT2D eigenvalue weighted by Gasteiger charge is -2.27. The van der Waals surface area contributed by atoms with E-state index >= 15 is 0 Å². The minimum absolute atomic E-state index is 0.0242. The van der Waals surface area contributed by atoms with Crippen LogP contribution in [0.25, 0.3) is 16.7 Å². The molecule has 16 heteroatoms. The van der Waals surface area contributed by atoms with Gasteiger partial charge in [-0.2, -0.15) is 8.42 Å². The summed E-state index contributed by atoms with van der Waals surface area (Å²) in [6, 6.07) is 30.9. The lowest BCUT2D eigenvalue weighted by molar-refractivity contribution is -0.134. The average molecular weight is 864 g/mol. The molecule has 2 bridgehead atoms. The smallest absolute Gasteiger partial charge is 0.283 e. The van der Waals surface area contributed by atoms with Crippen molar-refractivity contribution in [3.8, 4) is 16.9 Å². The Hall–Kier alpha value is -6.62. The lowest BCUT2D eigenvalue weighted by atomic mass is 9.98. The number of aryl methyl sites for hydroxylation is 1. The monoisotopic (exact) mass is 863 g/mol. The fourth-order valence-electron chi connectivity index (χ4n) is 6.65. The van der Waals surface area contributed by atoms with Crippen LogP contribution in [-0.4, -0.2) is 79.2 Å². The molecule has 1 aromatic heterocycles. The van der Waals surface area contributed by atoms with Crippen molar-refractivity contribution in [1.82, 2.24) is 26.6 Å². The Bertz CT molecular complexity index is 2430. The SMILES string of the molecule is C=C(c1cccs1)C1NC(=O)COc2ccc(cc2)CC(C(=O)NCS(=O)(=O)O)NC(=O)C(CCc2ccccc2)NC(=O)C(Cc2ccc(-c3ccccc3)cc2)NC1=O. The molecule has 5 aromatic rings. The van der Waals surface area contributed by atoms with Crippen LogP contribution in [0.4, 0.5) is 0 Å². The normalized spacial score (nSPS) is 19.1. The lowest BCUT2D eigenvalue weighted by Crippen LogP contribution is -2.59. The molecule has 4 unspecified atom stereocenters. The number of nitrogens with one attached hydrogen (secondary N) is 5. The second-order valence-electron chi connectivity index (χ2n) is 14.4. The van der Waals surface area contributed by atoms with E-state index < -0.39 is 76.3 Å². The van der Waals surface area contributed by atoms with Crippen molar-refractivity contribution >= 4 is 56.6 Å². The zero-order valence-corrected chi connectivity index (χ0v) is 34.5. The molecule has 7 rings (SSSR count). The third-order valence-corrected chi connectivity index (χ3v) is 11.3. The van der Waals surface area contributed by atoms with Gasteiger partial charge < -0.3 is 31.3 Å². The molecule has 3 heterocycles. The van der Waals surface area contributed by atoms with E-state index in [1.54, 1.807) is 41.8 Å². The Labute approximate surface area is 357 Å². The van der Waals surface area contributed by atoms with E-state index in [9.17, 15) is 36.9 Å². The Balaban J connectivity index is 1.36. The minimum Gasteiger partial charge on any atom is -0.484 e. The number of amides is 5. The third kappa shape index (κ3) is 12.9. The van der Waals surface area contributed by atoms with E-state index in [4.69, 9.17) is 4.74 Å². The molecule has 0 spiro atoms. The molecule has 0 radical (unpaired) electrons. The Morgan fingerprint density at radius 2 is 1.38 bits per heavy atom. The van der Waals surface area contributed by atoms with Gasteiger partial charge in [-0.1, -0.05) is 110 Å². The van der Waals surface area contributed by atoms with Gasteiger partial charge in [0.15, 0.2) is 6.61 Å². The van der Waals surface area contributed by atoms with Gasteiger partial charge in [-0.3, -0.25) is 28.5 Å². The zero-order valence-electron chi connectivity index (χ0n) is 32.9. The van der Waals surface area contributed by atoms with Gasteiger partial charge >= 0.3 is 0 Å². The molecule has 2 aliphatic heterocycles. The fourth-order valence-corrected chi connectivity index (χ4v) is 7.71. The van der Waals surface area contributed by atoms with Crippen LogP contribution in [-0.2, 0) is 53.4 Å². The van der Waals surface area contributed by atoms with Gasteiger partial charge in [0, 0.05) is 17.7 Å². The maximum absolute atomic E-state index is 14.5. The first-order valence-corrected chi connectivity index (χ1v) is 21.9. The van der Waals surface area contributed by atoms with Crippen molar-refractivity contribution in [3.63, 3.8) is 0 Å². The molecule has 0 saturated heterocycles. The highest BCUT2D eigenvalue weighted by Gasteiger charge is 2.33. The number of rotatable bonds is 11. The highest BCUT2D eigenvalue weighted by Crippen LogP contribution is 2.24. The Morgan fingerprint density at radius 3 is 2.03 bits per heavy atom. The van der Waals surface area contributed by atoms with E-state index in [0.29, 0.717) is 22.4 Å². The summed E-state index contributed by atoms with van der Waals surface area (Å²) in [6.45, 7) is 3.64. The van der Waals surface area contributed by atoms with Crippen molar-refractivity contribution in [1.29, 1.82) is 0 Å². The molecule has 14 nitrogen and oxygen atoms in total. The molecule has 316 valence electrons. The summed E-state index contributed by atoms with van der Waals surface area (Å²) in [4.78, 5) is 70.5. The van der Waals surface area contributed by atoms with Crippen LogP contribution < -0.4 is 31.3 Å². The van der Waals surface area contributed by atoms with Gasteiger partial charge in [-0.15, -0.1) is 11.3 Å². The maximum Gasteiger partial charge on any atom is 0.283 e. The van der Waals surface area contributed by atoms with Crippen LogP contribution in [0.1, 0.15) is 28.0 Å². The largest absolute Gasteiger partial charge is 0.484 e. The number of hydrogen-bond acceptors (Lipinski definition) is 9. The number of thiophene rings is 1. The summed E-state index contributed by atoms with van der Waals surface area (Å²) >= 11 is 1.32.